The van der Waals surface area contributed by atoms with E-state index in [1.54, 1.807) is 12.1 Å². The average molecular weight is 294 g/mol. The number of carboxylic acid groups (broad SMARTS) is 1. The predicted octanol–water partition coefficient (Wildman–Crippen LogP) is 3.74. The van der Waals surface area contributed by atoms with Crippen LogP contribution in [0, 0.1) is 10.1 Å². The summed E-state index contributed by atoms with van der Waals surface area (Å²) in [6, 6.07) is 10.0. The Bertz CT molecular complexity index is 669. The normalized spacial score (nSPS) is 10.1. The van der Waals surface area contributed by atoms with Crippen LogP contribution in [0.5, 0.6) is 11.5 Å². The minimum atomic E-state index is -1.39. The van der Waals surface area contributed by atoms with E-state index in [1.807, 2.05) is 0 Å². The van der Waals surface area contributed by atoms with Gasteiger partial charge in [-0.1, -0.05) is 17.7 Å². The van der Waals surface area contributed by atoms with Gasteiger partial charge in [0.2, 0.25) is 5.75 Å². The standard InChI is InChI=1S/C13H8ClNO5/c14-8-4-6-9(7-5-8)20-11-3-1-2-10(13(16)17)12(11)15(18)19/h1-7H,(H,16,17). The van der Waals surface area contributed by atoms with Crippen molar-refractivity contribution in [2.75, 3.05) is 0 Å². The largest absolute Gasteiger partial charge is 0.477 e. The number of rotatable bonds is 4. The Hall–Kier alpha value is -2.60. The van der Waals surface area contributed by atoms with Gasteiger partial charge in [-0.3, -0.25) is 10.1 Å². The monoisotopic (exact) mass is 293 g/mol. The molecule has 0 aliphatic heterocycles. The van der Waals surface area contributed by atoms with Crippen LogP contribution < -0.4 is 4.74 Å². The molecule has 102 valence electrons. The maximum absolute atomic E-state index is 11.0. The molecule has 2 rings (SSSR count). The highest BCUT2D eigenvalue weighted by Gasteiger charge is 2.25. The van der Waals surface area contributed by atoms with E-state index in [4.69, 9.17) is 21.4 Å². The van der Waals surface area contributed by atoms with Crippen LogP contribution in [-0.4, -0.2) is 16.0 Å². The van der Waals surface area contributed by atoms with Gasteiger partial charge in [0.25, 0.3) is 0 Å². The second kappa shape index (κ2) is 5.58. The van der Waals surface area contributed by atoms with Crippen molar-refractivity contribution < 1.29 is 19.6 Å². The van der Waals surface area contributed by atoms with E-state index in [2.05, 4.69) is 0 Å². The lowest BCUT2D eigenvalue weighted by atomic mass is 10.1. The molecule has 0 aromatic heterocycles. The number of nitrogens with zero attached hydrogens (tertiary/aromatic N) is 1. The van der Waals surface area contributed by atoms with Crippen molar-refractivity contribution in [1.29, 1.82) is 0 Å². The first-order valence-corrected chi connectivity index (χ1v) is 5.81. The summed E-state index contributed by atoms with van der Waals surface area (Å²) in [4.78, 5) is 21.2. The van der Waals surface area contributed by atoms with Crippen LogP contribution >= 0.6 is 11.6 Å². The quantitative estimate of drug-likeness (QED) is 0.685. The molecule has 0 aliphatic rings. The molecular formula is C13H8ClNO5. The molecule has 0 saturated carbocycles. The molecule has 0 bridgehead atoms. The minimum absolute atomic E-state index is 0.141. The lowest BCUT2D eigenvalue weighted by molar-refractivity contribution is -0.386. The Morgan fingerprint density at radius 3 is 2.40 bits per heavy atom. The van der Waals surface area contributed by atoms with Crippen LogP contribution in [0.25, 0.3) is 0 Å². The van der Waals surface area contributed by atoms with Crippen molar-refractivity contribution in [2.45, 2.75) is 0 Å². The van der Waals surface area contributed by atoms with Gasteiger partial charge in [0.1, 0.15) is 11.3 Å². The van der Waals surface area contributed by atoms with Crippen molar-refractivity contribution in [3.8, 4) is 11.5 Å². The van der Waals surface area contributed by atoms with Gasteiger partial charge in [-0.2, -0.15) is 0 Å². The Balaban J connectivity index is 2.46. The molecule has 0 spiro atoms. The van der Waals surface area contributed by atoms with Crippen LogP contribution in [0.15, 0.2) is 42.5 Å². The SMILES string of the molecule is O=C(O)c1cccc(Oc2ccc(Cl)cc2)c1[N+](=O)[O-]. The first kappa shape index (κ1) is 13.8. The highest BCUT2D eigenvalue weighted by Crippen LogP contribution is 2.34. The Morgan fingerprint density at radius 1 is 1.20 bits per heavy atom. The summed E-state index contributed by atoms with van der Waals surface area (Å²) in [7, 11) is 0. The van der Waals surface area contributed by atoms with Gasteiger partial charge in [-0.25, -0.2) is 4.79 Å². The lowest BCUT2D eigenvalue weighted by Crippen LogP contribution is -2.04. The summed E-state index contributed by atoms with van der Waals surface area (Å²) in [5.41, 5.74) is -1.02. The van der Waals surface area contributed by atoms with Crippen LogP contribution in [0.1, 0.15) is 10.4 Å². The van der Waals surface area contributed by atoms with E-state index in [0.717, 1.165) is 6.07 Å². The van der Waals surface area contributed by atoms with Gasteiger partial charge >= 0.3 is 11.7 Å². The third-order valence-corrected chi connectivity index (χ3v) is 2.71. The molecule has 6 nitrogen and oxygen atoms in total. The molecule has 0 atom stereocenters. The van der Waals surface area contributed by atoms with Gasteiger partial charge in [-0.05, 0) is 36.4 Å². The first-order chi connectivity index (χ1) is 9.49. The zero-order valence-corrected chi connectivity index (χ0v) is 10.7. The third kappa shape index (κ3) is 2.86. The number of carboxylic acids is 1. The second-order valence-electron chi connectivity index (χ2n) is 3.77. The van der Waals surface area contributed by atoms with Crippen molar-refractivity contribution >= 4 is 23.3 Å². The van der Waals surface area contributed by atoms with Crippen molar-refractivity contribution in [2.24, 2.45) is 0 Å². The summed E-state index contributed by atoms with van der Waals surface area (Å²) in [6.07, 6.45) is 0. The second-order valence-corrected chi connectivity index (χ2v) is 4.21. The molecular weight excluding hydrogens is 286 g/mol. The maximum atomic E-state index is 11.0. The highest BCUT2D eigenvalue weighted by molar-refractivity contribution is 6.30. The highest BCUT2D eigenvalue weighted by atomic mass is 35.5. The topological polar surface area (TPSA) is 89.7 Å². The number of nitro benzene ring substituents is 1. The van der Waals surface area contributed by atoms with Crippen LogP contribution in [0.2, 0.25) is 5.02 Å². The molecule has 0 heterocycles. The number of hydrogen-bond acceptors (Lipinski definition) is 4. The number of para-hydroxylation sites is 1. The minimum Gasteiger partial charge on any atom is -0.477 e. The average Bonchev–Trinajstić information content (AvgIpc) is 2.40. The lowest BCUT2D eigenvalue weighted by Gasteiger charge is -2.07. The number of aromatic carboxylic acids is 1. The maximum Gasteiger partial charge on any atom is 0.342 e. The van der Waals surface area contributed by atoms with E-state index in [0.29, 0.717) is 10.8 Å². The molecule has 7 heteroatoms. The van der Waals surface area contributed by atoms with E-state index in [-0.39, 0.29) is 5.75 Å². The zero-order chi connectivity index (χ0) is 14.7. The Labute approximate surface area is 118 Å². The summed E-state index contributed by atoms with van der Waals surface area (Å²) >= 11 is 5.72. The molecule has 0 amide bonds. The Kier molecular flexibility index (Phi) is 3.86. The Morgan fingerprint density at radius 2 is 1.85 bits per heavy atom. The molecule has 20 heavy (non-hydrogen) atoms. The van der Waals surface area contributed by atoms with E-state index >= 15 is 0 Å². The molecule has 0 saturated heterocycles. The number of carbonyl (C=O) groups is 1. The molecule has 2 aromatic carbocycles. The third-order valence-electron chi connectivity index (χ3n) is 2.45. The fourth-order valence-corrected chi connectivity index (χ4v) is 1.72. The first-order valence-electron chi connectivity index (χ1n) is 5.43. The number of nitro groups is 1. The smallest absolute Gasteiger partial charge is 0.342 e. The van der Waals surface area contributed by atoms with E-state index in [9.17, 15) is 14.9 Å². The summed E-state index contributed by atoms with van der Waals surface area (Å²) < 4.78 is 5.35. The van der Waals surface area contributed by atoms with Gasteiger partial charge in [0, 0.05) is 5.02 Å². The van der Waals surface area contributed by atoms with Crippen molar-refractivity contribution in [1.82, 2.24) is 0 Å². The zero-order valence-electron chi connectivity index (χ0n) is 9.95. The van der Waals surface area contributed by atoms with Crippen LogP contribution in [0.3, 0.4) is 0 Å². The summed E-state index contributed by atoms with van der Waals surface area (Å²) in [5.74, 6) is -1.21. The predicted molar refractivity (Wildman–Crippen MR) is 71.6 cm³/mol. The van der Waals surface area contributed by atoms with E-state index in [1.165, 1.54) is 24.3 Å². The molecule has 2 aromatic rings. The van der Waals surface area contributed by atoms with Gasteiger partial charge in [0.05, 0.1) is 4.92 Å². The molecule has 0 fully saturated rings. The molecule has 0 unspecified atom stereocenters. The number of benzene rings is 2. The van der Waals surface area contributed by atoms with Gasteiger partial charge in [0.15, 0.2) is 0 Å². The van der Waals surface area contributed by atoms with Gasteiger partial charge < -0.3 is 9.84 Å². The molecule has 0 aliphatic carbocycles. The fourth-order valence-electron chi connectivity index (χ4n) is 1.60. The molecule has 1 N–H and O–H groups in total. The fraction of sp³-hybridized carbons (Fsp3) is 0. The van der Waals surface area contributed by atoms with Crippen LogP contribution in [0.4, 0.5) is 5.69 Å². The number of halogens is 1. The number of hydrogen-bond donors (Lipinski definition) is 1. The van der Waals surface area contributed by atoms with E-state index < -0.39 is 22.1 Å². The van der Waals surface area contributed by atoms with Crippen molar-refractivity contribution in [3.63, 3.8) is 0 Å². The summed E-state index contributed by atoms with van der Waals surface area (Å²) in [5, 5.41) is 20.5. The van der Waals surface area contributed by atoms with Gasteiger partial charge in [-0.15, -0.1) is 0 Å². The van der Waals surface area contributed by atoms with Crippen molar-refractivity contribution in [3.05, 3.63) is 63.2 Å². The van der Waals surface area contributed by atoms with Crippen LogP contribution in [-0.2, 0) is 0 Å². The summed E-state index contributed by atoms with van der Waals surface area (Å²) in [6.45, 7) is 0. The molecule has 0 radical (unpaired) electrons. The number of ether oxygens (including phenoxy) is 1.